The van der Waals surface area contributed by atoms with E-state index in [9.17, 15) is 10.1 Å². The van der Waals surface area contributed by atoms with Gasteiger partial charge in [0.2, 0.25) is 0 Å². The van der Waals surface area contributed by atoms with Crippen LogP contribution in [0.1, 0.15) is 29.8 Å². The van der Waals surface area contributed by atoms with Crippen LogP contribution in [0.25, 0.3) is 5.65 Å². The van der Waals surface area contributed by atoms with Gasteiger partial charge >= 0.3 is 0 Å². The molecule has 0 aliphatic carbocycles. The molecule has 1 aliphatic heterocycles. The van der Waals surface area contributed by atoms with Crippen LogP contribution in [0.5, 0.6) is 5.75 Å². The smallest absolute Gasteiger partial charge is 0.259 e. The van der Waals surface area contributed by atoms with Crippen LogP contribution >= 0.6 is 0 Å². The molecule has 1 aliphatic rings. The summed E-state index contributed by atoms with van der Waals surface area (Å²) in [6.07, 6.45) is 1.37. The van der Waals surface area contributed by atoms with Crippen LogP contribution in [0.15, 0.2) is 30.5 Å². The number of anilines is 3. The molecule has 2 aromatic heterocycles. The molecule has 3 aromatic rings. The van der Waals surface area contributed by atoms with Crippen LogP contribution in [-0.4, -0.2) is 39.7 Å². The van der Waals surface area contributed by atoms with Crippen molar-refractivity contribution in [2.24, 2.45) is 0 Å². The standard InChI is InChI=1S/C19H19N7O2/c1-3-25-14-7-8-26-18(23-14)15(17(21)24-26)19(27)22-10-11(2)28-13-6-4-5-12(9-20)16(13)25/h4-8,11H,3,10H2,1-2H3,(H2,21,24)(H,22,27). The number of hydrogen-bond acceptors (Lipinski definition) is 7. The Kier molecular flexibility index (Phi) is 4.24. The monoisotopic (exact) mass is 377 g/mol. The summed E-state index contributed by atoms with van der Waals surface area (Å²) < 4.78 is 7.54. The van der Waals surface area contributed by atoms with Crippen molar-refractivity contribution in [3.8, 4) is 11.8 Å². The minimum Gasteiger partial charge on any atom is -0.487 e. The zero-order valence-corrected chi connectivity index (χ0v) is 15.5. The Morgan fingerprint density at radius 2 is 2.25 bits per heavy atom. The first kappa shape index (κ1) is 17.6. The first-order valence-corrected chi connectivity index (χ1v) is 8.93. The number of carbonyl (C=O) groups excluding carboxylic acids is 1. The molecule has 9 heteroatoms. The number of nitrogen functional groups attached to an aromatic ring is 1. The number of para-hydroxylation sites is 1. The first-order chi connectivity index (χ1) is 13.5. The molecular formula is C19H19N7O2. The molecule has 4 rings (SSSR count). The van der Waals surface area contributed by atoms with E-state index in [4.69, 9.17) is 10.5 Å². The second kappa shape index (κ2) is 6.74. The van der Waals surface area contributed by atoms with Crippen LogP contribution < -0.4 is 20.7 Å². The minimum atomic E-state index is -0.359. The van der Waals surface area contributed by atoms with Gasteiger partial charge in [-0.2, -0.15) is 5.26 Å². The van der Waals surface area contributed by atoms with Gasteiger partial charge in [0, 0.05) is 12.7 Å². The van der Waals surface area contributed by atoms with Crippen LogP contribution in [0.2, 0.25) is 0 Å². The van der Waals surface area contributed by atoms with E-state index in [1.165, 1.54) is 4.52 Å². The number of nitrogens with one attached hydrogen (secondary N) is 1. The first-order valence-electron chi connectivity index (χ1n) is 8.93. The second-order valence-corrected chi connectivity index (χ2v) is 6.46. The van der Waals surface area contributed by atoms with Gasteiger partial charge in [-0.15, -0.1) is 5.10 Å². The zero-order valence-electron chi connectivity index (χ0n) is 15.5. The molecule has 0 spiro atoms. The summed E-state index contributed by atoms with van der Waals surface area (Å²) in [5.74, 6) is 0.860. The molecule has 2 bridgehead atoms. The average molecular weight is 377 g/mol. The van der Waals surface area contributed by atoms with Crippen LogP contribution in [0.4, 0.5) is 17.3 Å². The third-order valence-corrected chi connectivity index (χ3v) is 4.58. The number of ether oxygens (including phenoxy) is 1. The van der Waals surface area contributed by atoms with Gasteiger partial charge in [-0.1, -0.05) is 6.07 Å². The summed E-state index contributed by atoms with van der Waals surface area (Å²) in [7, 11) is 0. The van der Waals surface area contributed by atoms with Crippen molar-refractivity contribution in [3.63, 3.8) is 0 Å². The largest absolute Gasteiger partial charge is 0.487 e. The number of carbonyl (C=O) groups is 1. The highest BCUT2D eigenvalue weighted by Crippen LogP contribution is 2.37. The predicted octanol–water partition coefficient (Wildman–Crippen LogP) is 1.85. The zero-order chi connectivity index (χ0) is 19.8. The molecule has 28 heavy (non-hydrogen) atoms. The summed E-state index contributed by atoms with van der Waals surface area (Å²) >= 11 is 0. The van der Waals surface area contributed by atoms with E-state index < -0.39 is 0 Å². The number of benzene rings is 1. The molecule has 0 fully saturated rings. The van der Waals surface area contributed by atoms with Crippen molar-refractivity contribution in [1.29, 1.82) is 5.26 Å². The van der Waals surface area contributed by atoms with Gasteiger partial charge in [-0.3, -0.25) is 4.79 Å². The van der Waals surface area contributed by atoms with E-state index >= 15 is 0 Å². The lowest BCUT2D eigenvalue weighted by molar-refractivity contribution is 0.0934. The summed E-state index contributed by atoms with van der Waals surface area (Å²) in [5, 5.41) is 16.6. The third kappa shape index (κ3) is 2.75. The molecule has 142 valence electrons. The van der Waals surface area contributed by atoms with E-state index in [1.807, 2.05) is 24.8 Å². The van der Waals surface area contributed by atoms with E-state index in [2.05, 4.69) is 21.5 Å². The Morgan fingerprint density at radius 3 is 3.00 bits per heavy atom. The molecule has 1 amide bonds. The van der Waals surface area contributed by atoms with Gasteiger partial charge in [-0.25, -0.2) is 9.50 Å². The van der Waals surface area contributed by atoms with Crippen molar-refractivity contribution >= 4 is 28.9 Å². The molecule has 1 unspecified atom stereocenters. The predicted molar refractivity (Wildman–Crippen MR) is 104 cm³/mol. The van der Waals surface area contributed by atoms with Crippen molar-refractivity contribution in [2.75, 3.05) is 23.7 Å². The van der Waals surface area contributed by atoms with Gasteiger partial charge in [-0.05, 0) is 32.0 Å². The Bertz CT molecular complexity index is 1120. The van der Waals surface area contributed by atoms with Gasteiger partial charge in [0.15, 0.2) is 11.5 Å². The SMILES string of the molecule is CCN1c2ccn3nc(N)c(c3n2)C(=O)NCC(C)Oc2cccc(C#N)c21. The number of fused-ring (bicyclic) bond motifs is 2. The number of rotatable bonds is 1. The normalized spacial score (nSPS) is 16.5. The fourth-order valence-electron chi connectivity index (χ4n) is 3.31. The Balaban J connectivity index is 2.01. The van der Waals surface area contributed by atoms with Gasteiger partial charge in [0.25, 0.3) is 5.91 Å². The molecule has 0 saturated carbocycles. The lowest BCUT2D eigenvalue weighted by Crippen LogP contribution is -2.34. The molecule has 1 atom stereocenters. The number of aromatic nitrogens is 3. The molecule has 0 saturated heterocycles. The molecule has 0 radical (unpaired) electrons. The lowest BCUT2D eigenvalue weighted by atomic mass is 10.1. The van der Waals surface area contributed by atoms with Crippen molar-refractivity contribution < 1.29 is 9.53 Å². The van der Waals surface area contributed by atoms with Gasteiger partial charge in [0.1, 0.15) is 35.0 Å². The highest BCUT2D eigenvalue weighted by molar-refractivity contribution is 6.04. The van der Waals surface area contributed by atoms with E-state index in [1.54, 1.807) is 24.4 Å². The average Bonchev–Trinajstić information content (AvgIpc) is 3.02. The Morgan fingerprint density at radius 1 is 1.43 bits per heavy atom. The fourth-order valence-corrected chi connectivity index (χ4v) is 3.31. The molecular weight excluding hydrogens is 358 g/mol. The lowest BCUT2D eigenvalue weighted by Gasteiger charge is -2.27. The molecule has 1 aromatic carbocycles. The Hall–Kier alpha value is -3.80. The van der Waals surface area contributed by atoms with Gasteiger partial charge in [0.05, 0.1) is 12.1 Å². The highest BCUT2D eigenvalue weighted by atomic mass is 16.5. The molecule has 3 N–H and O–H groups in total. The van der Waals surface area contributed by atoms with Crippen molar-refractivity contribution in [1.82, 2.24) is 19.9 Å². The quantitative estimate of drug-likeness (QED) is 0.664. The van der Waals surface area contributed by atoms with Crippen LogP contribution in [0, 0.1) is 11.3 Å². The van der Waals surface area contributed by atoms with Crippen LogP contribution in [-0.2, 0) is 0 Å². The summed E-state index contributed by atoms with van der Waals surface area (Å²) in [6.45, 7) is 4.60. The number of amides is 1. The molecule has 9 nitrogen and oxygen atoms in total. The number of nitrogens with two attached hydrogens (primary N) is 1. The summed E-state index contributed by atoms with van der Waals surface area (Å²) in [4.78, 5) is 19.2. The summed E-state index contributed by atoms with van der Waals surface area (Å²) in [5.41, 5.74) is 7.66. The van der Waals surface area contributed by atoms with Gasteiger partial charge < -0.3 is 20.7 Å². The fraction of sp³-hybridized carbons (Fsp3) is 0.263. The minimum absolute atomic E-state index is 0.106. The molecule has 3 heterocycles. The van der Waals surface area contributed by atoms with E-state index in [0.29, 0.717) is 35.0 Å². The van der Waals surface area contributed by atoms with Crippen LogP contribution in [0.3, 0.4) is 0 Å². The van der Waals surface area contributed by atoms with E-state index in [-0.39, 0.29) is 29.9 Å². The summed E-state index contributed by atoms with van der Waals surface area (Å²) in [6, 6.07) is 9.31. The van der Waals surface area contributed by atoms with Crippen molar-refractivity contribution in [3.05, 3.63) is 41.6 Å². The topological polar surface area (TPSA) is 122 Å². The number of hydrogen-bond donors (Lipinski definition) is 2. The highest BCUT2D eigenvalue weighted by Gasteiger charge is 2.25. The maximum absolute atomic E-state index is 12.7. The Labute approximate surface area is 161 Å². The number of nitrogens with zero attached hydrogens (tertiary/aromatic N) is 5. The van der Waals surface area contributed by atoms with E-state index in [0.717, 1.165) is 0 Å². The van der Waals surface area contributed by atoms with Crippen molar-refractivity contribution in [2.45, 2.75) is 20.0 Å². The number of nitriles is 1. The second-order valence-electron chi connectivity index (χ2n) is 6.46. The third-order valence-electron chi connectivity index (χ3n) is 4.58. The maximum Gasteiger partial charge on any atom is 0.259 e. The maximum atomic E-state index is 12.7.